The SMILES string of the molecule is CCc1cc2c(=O)c(-c3ccc(F)cc3)coc2cc1O. The molecule has 3 aromatic rings. The van der Waals surface area contributed by atoms with Gasteiger partial charge in [0.25, 0.3) is 0 Å². The van der Waals surface area contributed by atoms with Gasteiger partial charge in [-0.15, -0.1) is 0 Å². The number of benzene rings is 2. The Hall–Kier alpha value is -2.62. The van der Waals surface area contributed by atoms with Crippen molar-refractivity contribution in [2.75, 3.05) is 0 Å². The molecule has 106 valence electrons. The molecule has 2 aromatic carbocycles. The lowest BCUT2D eigenvalue weighted by atomic mass is 10.0. The van der Waals surface area contributed by atoms with Crippen LogP contribution in [0.3, 0.4) is 0 Å². The fourth-order valence-corrected chi connectivity index (χ4v) is 2.32. The molecule has 0 spiro atoms. The van der Waals surface area contributed by atoms with Crippen LogP contribution in [0.4, 0.5) is 4.39 Å². The quantitative estimate of drug-likeness (QED) is 0.777. The fourth-order valence-electron chi connectivity index (χ4n) is 2.32. The zero-order valence-corrected chi connectivity index (χ0v) is 11.4. The predicted molar refractivity (Wildman–Crippen MR) is 78.9 cm³/mol. The van der Waals surface area contributed by atoms with Gasteiger partial charge >= 0.3 is 0 Å². The first kappa shape index (κ1) is 13.4. The summed E-state index contributed by atoms with van der Waals surface area (Å²) in [4.78, 5) is 12.6. The van der Waals surface area contributed by atoms with Crippen LogP contribution in [0.25, 0.3) is 22.1 Å². The summed E-state index contributed by atoms with van der Waals surface area (Å²) >= 11 is 0. The molecule has 1 aromatic heterocycles. The van der Waals surface area contributed by atoms with Crippen molar-refractivity contribution in [1.82, 2.24) is 0 Å². The summed E-state index contributed by atoms with van der Waals surface area (Å²) < 4.78 is 18.4. The Morgan fingerprint density at radius 1 is 1.19 bits per heavy atom. The number of phenols is 1. The number of aromatic hydroxyl groups is 1. The Labute approximate surface area is 120 Å². The molecule has 21 heavy (non-hydrogen) atoms. The highest BCUT2D eigenvalue weighted by Gasteiger charge is 2.12. The van der Waals surface area contributed by atoms with Crippen LogP contribution in [0.1, 0.15) is 12.5 Å². The van der Waals surface area contributed by atoms with Gasteiger partial charge < -0.3 is 9.52 Å². The van der Waals surface area contributed by atoms with Crippen LogP contribution in [0.5, 0.6) is 5.75 Å². The first-order chi connectivity index (χ1) is 10.1. The number of hydrogen-bond acceptors (Lipinski definition) is 3. The molecule has 0 aliphatic heterocycles. The van der Waals surface area contributed by atoms with Crippen molar-refractivity contribution in [3.8, 4) is 16.9 Å². The van der Waals surface area contributed by atoms with Gasteiger partial charge in [0.2, 0.25) is 5.43 Å². The molecule has 0 aliphatic carbocycles. The summed E-state index contributed by atoms with van der Waals surface area (Å²) in [5.74, 6) is -0.246. The second-order valence-corrected chi connectivity index (χ2v) is 4.82. The number of halogens is 1. The third-order valence-electron chi connectivity index (χ3n) is 3.51. The van der Waals surface area contributed by atoms with Crippen molar-refractivity contribution in [2.45, 2.75) is 13.3 Å². The van der Waals surface area contributed by atoms with E-state index >= 15 is 0 Å². The average molecular weight is 284 g/mol. The number of fused-ring (bicyclic) bond motifs is 1. The topological polar surface area (TPSA) is 50.4 Å². The Kier molecular flexibility index (Phi) is 3.22. The molecule has 0 fully saturated rings. The molecule has 3 rings (SSSR count). The first-order valence-corrected chi connectivity index (χ1v) is 6.63. The second kappa shape index (κ2) is 5.05. The van der Waals surface area contributed by atoms with E-state index in [-0.39, 0.29) is 17.0 Å². The summed E-state index contributed by atoms with van der Waals surface area (Å²) in [5.41, 5.74) is 1.79. The second-order valence-electron chi connectivity index (χ2n) is 4.82. The van der Waals surface area contributed by atoms with E-state index in [4.69, 9.17) is 4.42 Å². The number of aryl methyl sites for hydroxylation is 1. The number of phenolic OH excluding ortho intramolecular Hbond substituents is 1. The van der Waals surface area contributed by atoms with Crippen molar-refractivity contribution in [1.29, 1.82) is 0 Å². The van der Waals surface area contributed by atoms with Crippen LogP contribution in [0, 0.1) is 5.82 Å². The minimum Gasteiger partial charge on any atom is -0.508 e. The normalized spacial score (nSPS) is 11.0. The third kappa shape index (κ3) is 2.29. The smallest absolute Gasteiger partial charge is 0.200 e. The monoisotopic (exact) mass is 284 g/mol. The maximum Gasteiger partial charge on any atom is 0.200 e. The van der Waals surface area contributed by atoms with E-state index in [0.29, 0.717) is 34.1 Å². The van der Waals surface area contributed by atoms with Gasteiger partial charge in [0.05, 0.1) is 10.9 Å². The number of hydrogen-bond donors (Lipinski definition) is 1. The molecule has 0 amide bonds. The Balaban J connectivity index is 2.26. The van der Waals surface area contributed by atoms with Gasteiger partial charge in [-0.3, -0.25) is 4.79 Å². The van der Waals surface area contributed by atoms with E-state index in [1.54, 1.807) is 6.07 Å². The van der Waals surface area contributed by atoms with Crippen LogP contribution in [0.2, 0.25) is 0 Å². The standard InChI is InChI=1S/C17H13FO3/c1-2-10-7-13-16(8-15(10)19)21-9-14(17(13)20)11-3-5-12(18)6-4-11/h3-9,19H,2H2,1H3. The highest BCUT2D eigenvalue weighted by Crippen LogP contribution is 2.26. The van der Waals surface area contributed by atoms with Crippen molar-refractivity contribution in [3.63, 3.8) is 0 Å². The van der Waals surface area contributed by atoms with Crippen LogP contribution >= 0.6 is 0 Å². The van der Waals surface area contributed by atoms with E-state index in [2.05, 4.69) is 0 Å². The van der Waals surface area contributed by atoms with Gasteiger partial charge in [0, 0.05) is 6.07 Å². The third-order valence-corrected chi connectivity index (χ3v) is 3.51. The summed E-state index contributed by atoms with van der Waals surface area (Å²) in [6.07, 6.45) is 1.95. The highest BCUT2D eigenvalue weighted by atomic mass is 19.1. The Morgan fingerprint density at radius 2 is 1.90 bits per heavy atom. The summed E-state index contributed by atoms with van der Waals surface area (Å²) in [7, 11) is 0. The molecular weight excluding hydrogens is 271 g/mol. The maximum absolute atomic E-state index is 13.0. The minimum absolute atomic E-state index is 0.114. The predicted octanol–water partition coefficient (Wildman–Crippen LogP) is 3.87. The van der Waals surface area contributed by atoms with E-state index in [1.165, 1.54) is 36.6 Å². The molecule has 3 nitrogen and oxygen atoms in total. The molecule has 0 saturated carbocycles. The molecule has 0 saturated heterocycles. The van der Waals surface area contributed by atoms with Gasteiger partial charge in [0.1, 0.15) is 23.4 Å². The molecular formula is C17H13FO3. The van der Waals surface area contributed by atoms with E-state index in [1.807, 2.05) is 6.92 Å². The zero-order chi connectivity index (χ0) is 15.0. The lowest BCUT2D eigenvalue weighted by Crippen LogP contribution is -2.05. The van der Waals surface area contributed by atoms with E-state index in [0.717, 1.165) is 0 Å². The minimum atomic E-state index is -0.359. The van der Waals surface area contributed by atoms with Gasteiger partial charge in [-0.2, -0.15) is 0 Å². The summed E-state index contributed by atoms with van der Waals surface area (Å²) in [6.45, 7) is 1.90. The van der Waals surface area contributed by atoms with Crippen LogP contribution < -0.4 is 5.43 Å². The maximum atomic E-state index is 13.0. The first-order valence-electron chi connectivity index (χ1n) is 6.63. The van der Waals surface area contributed by atoms with Crippen LogP contribution in [-0.4, -0.2) is 5.11 Å². The zero-order valence-electron chi connectivity index (χ0n) is 11.4. The Bertz CT molecular complexity index is 864. The number of rotatable bonds is 2. The highest BCUT2D eigenvalue weighted by molar-refractivity contribution is 5.83. The largest absolute Gasteiger partial charge is 0.508 e. The average Bonchev–Trinajstić information content (AvgIpc) is 2.48. The molecule has 1 heterocycles. The van der Waals surface area contributed by atoms with Crippen molar-refractivity contribution in [2.24, 2.45) is 0 Å². The van der Waals surface area contributed by atoms with Crippen molar-refractivity contribution < 1.29 is 13.9 Å². The van der Waals surface area contributed by atoms with Crippen LogP contribution in [-0.2, 0) is 6.42 Å². The molecule has 0 aliphatic rings. The van der Waals surface area contributed by atoms with Gasteiger partial charge in [-0.25, -0.2) is 4.39 Å². The lowest BCUT2D eigenvalue weighted by Gasteiger charge is -2.06. The van der Waals surface area contributed by atoms with Gasteiger partial charge in [-0.05, 0) is 35.7 Å². The van der Waals surface area contributed by atoms with Crippen molar-refractivity contribution in [3.05, 3.63) is 64.3 Å². The van der Waals surface area contributed by atoms with Gasteiger partial charge in [-0.1, -0.05) is 19.1 Å². The van der Waals surface area contributed by atoms with Crippen LogP contribution in [0.15, 0.2) is 51.9 Å². The molecule has 0 radical (unpaired) electrons. The van der Waals surface area contributed by atoms with Crippen molar-refractivity contribution >= 4 is 11.0 Å². The lowest BCUT2D eigenvalue weighted by molar-refractivity contribution is 0.467. The van der Waals surface area contributed by atoms with E-state index < -0.39 is 0 Å². The summed E-state index contributed by atoms with van der Waals surface area (Å²) in [5, 5.41) is 10.2. The molecule has 0 unspecified atom stereocenters. The van der Waals surface area contributed by atoms with Gasteiger partial charge in [0.15, 0.2) is 0 Å². The fraction of sp³-hybridized carbons (Fsp3) is 0.118. The molecule has 0 atom stereocenters. The molecule has 0 bridgehead atoms. The molecule has 1 N–H and O–H groups in total. The summed E-state index contributed by atoms with van der Waals surface area (Å²) in [6, 6.07) is 8.76. The van der Waals surface area contributed by atoms with E-state index in [9.17, 15) is 14.3 Å². The Morgan fingerprint density at radius 3 is 2.57 bits per heavy atom. The molecule has 4 heteroatoms.